The summed E-state index contributed by atoms with van der Waals surface area (Å²) in [4.78, 5) is 26.6. The number of H-pyrrole nitrogens is 1. The fourth-order valence-corrected chi connectivity index (χ4v) is 1.88. The van der Waals surface area contributed by atoms with Crippen LogP contribution < -0.4 is 5.43 Å². The Morgan fingerprint density at radius 2 is 2.06 bits per heavy atom. The van der Waals surface area contributed by atoms with Crippen molar-refractivity contribution in [3.63, 3.8) is 0 Å². The minimum atomic E-state index is -0.502. The highest BCUT2D eigenvalue weighted by Crippen LogP contribution is 2.17. The number of aromatic nitrogens is 1. The molecule has 0 unspecified atom stereocenters. The Hall–Kier alpha value is -2.10. The minimum absolute atomic E-state index is 0.171. The molecule has 94 valence electrons. The van der Waals surface area contributed by atoms with E-state index in [9.17, 15) is 9.59 Å². The van der Waals surface area contributed by atoms with Gasteiger partial charge < -0.3 is 9.72 Å². The second-order valence-corrected chi connectivity index (χ2v) is 4.20. The maximum absolute atomic E-state index is 11.9. The lowest BCUT2D eigenvalue weighted by atomic mass is 10.0. The number of benzene rings is 1. The Morgan fingerprint density at radius 1 is 1.33 bits per heavy atom. The van der Waals surface area contributed by atoms with Crippen molar-refractivity contribution in [3.05, 3.63) is 45.2 Å². The van der Waals surface area contributed by atoms with Gasteiger partial charge in [0.2, 0.25) is 0 Å². The zero-order valence-electron chi connectivity index (χ0n) is 10.7. The highest BCUT2D eigenvalue weighted by molar-refractivity contribution is 5.92. The molecule has 0 spiro atoms. The van der Waals surface area contributed by atoms with Gasteiger partial charge in [-0.05, 0) is 38.0 Å². The van der Waals surface area contributed by atoms with E-state index in [1.165, 1.54) is 6.07 Å². The molecule has 1 heterocycles. The number of fused-ring (bicyclic) bond motifs is 1. The van der Waals surface area contributed by atoms with Crippen LogP contribution in [0.15, 0.2) is 23.0 Å². The third-order valence-electron chi connectivity index (χ3n) is 3.03. The number of nitrogens with one attached hydrogen (secondary N) is 1. The van der Waals surface area contributed by atoms with Crippen molar-refractivity contribution in [2.24, 2.45) is 0 Å². The monoisotopic (exact) mass is 245 g/mol. The number of hydrogen-bond acceptors (Lipinski definition) is 3. The van der Waals surface area contributed by atoms with Gasteiger partial charge in [-0.25, -0.2) is 4.79 Å². The van der Waals surface area contributed by atoms with E-state index in [1.54, 1.807) is 13.0 Å². The standard InChI is InChI=1S/C14H15NO3/c1-4-18-14(17)11-7-12(16)10-6-5-8(2)9(3)13(10)15-11/h5-7H,4H2,1-3H3,(H,15,16). The summed E-state index contributed by atoms with van der Waals surface area (Å²) in [5.74, 6) is -0.502. The van der Waals surface area contributed by atoms with E-state index in [2.05, 4.69) is 4.98 Å². The lowest BCUT2D eigenvalue weighted by Gasteiger charge is -2.08. The molecule has 0 fully saturated rings. The molecule has 0 bridgehead atoms. The van der Waals surface area contributed by atoms with Crippen LogP contribution in [0.1, 0.15) is 28.5 Å². The molecule has 4 heteroatoms. The van der Waals surface area contributed by atoms with Gasteiger partial charge in [-0.3, -0.25) is 4.79 Å². The SMILES string of the molecule is CCOC(=O)c1cc(=O)c2ccc(C)c(C)c2[nH]1. The highest BCUT2D eigenvalue weighted by Gasteiger charge is 2.12. The van der Waals surface area contributed by atoms with Gasteiger partial charge in [-0.1, -0.05) is 6.07 Å². The second kappa shape index (κ2) is 4.64. The number of rotatable bonds is 2. The Balaban J connectivity index is 2.71. The van der Waals surface area contributed by atoms with Crippen molar-refractivity contribution in [2.45, 2.75) is 20.8 Å². The van der Waals surface area contributed by atoms with E-state index < -0.39 is 5.97 Å². The quantitative estimate of drug-likeness (QED) is 0.826. The number of esters is 1. The Labute approximate surface area is 105 Å². The summed E-state index contributed by atoms with van der Waals surface area (Å²) in [6, 6.07) is 4.96. The normalized spacial score (nSPS) is 10.6. The molecule has 0 saturated carbocycles. The van der Waals surface area contributed by atoms with Crippen LogP contribution in [0, 0.1) is 13.8 Å². The van der Waals surface area contributed by atoms with Gasteiger partial charge in [0.1, 0.15) is 5.69 Å². The van der Waals surface area contributed by atoms with Gasteiger partial charge in [-0.2, -0.15) is 0 Å². The molecule has 2 rings (SSSR count). The topological polar surface area (TPSA) is 59.2 Å². The van der Waals surface area contributed by atoms with Crippen molar-refractivity contribution in [1.29, 1.82) is 0 Å². The minimum Gasteiger partial charge on any atom is -0.461 e. The lowest BCUT2D eigenvalue weighted by molar-refractivity contribution is 0.0520. The summed E-state index contributed by atoms with van der Waals surface area (Å²) >= 11 is 0. The molecule has 1 aromatic heterocycles. The van der Waals surface area contributed by atoms with E-state index in [4.69, 9.17) is 4.74 Å². The first-order valence-electron chi connectivity index (χ1n) is 5.85. The van der Waals surface area contributed by atoms with Gasteiger partial charge in [0, 0.05) is 11.5 Å². The predicted octanol–water partition coefficient (Wildman–Crippen LogP) is 2.32. The fourth-order valence-electron chi connectivity index (χ4n) is 1.88. The number of ether oxygens (including phenoxy) is 1. The van der Waals surface area contributed by atoms with Gasteiger partial charge >= 0.3 is 5.97 Å². The van der Waals surface area contributed by atoms with E-state index in [0.29, 0.717) is 10.9 Å². The van der Waals surface area contributed by atoms with Crippen LogP contribution >= 0.6 is 0 Å². The van der Waals surface area contributed by atoms with Crippen LogP contribution in [-0.4, -0.2) is 17.6 Å². The van der Waals surface area contributed by atoms with Crippen LogP contribution in [0.2, 0.25) is 0 Å². The Bertz CT molecular complexity index is 671. The molecule has 2 aromatic rings. The van der Waals surface area contributed by atoms with E-state index >= 15 is 0 Å². The lowest BCUT2D eigenvalue weighted by Crippen LogP contribution is -2.13. The predicted molar refractivity (Wildman–Crippen MR) is 70.0 cm³/mol. The zero-order chi connectivity index (χ0) is 13.3. The average Bonchev–Trinajstić information content (AvgIpc) is 2.34. The van der Waals surface area contributed by atoms with Gasteiger partial charge in [0.05, 0.1) is 12.1 Å². The zero-order valence-corrected chi connectivity index (χ0v) is 10.7. The molecular weight excluding hydrogens is 230 g/mol. The summed E-state index contributed by atoms with van der Waals surface area (Å²) in [5, 5.41) is 0.589. The van der Waals surface area contributed by atoms with Gasteiger partial charge in [-0.15, -0.1) is 0 Å². The second-order valence-electron chi connectivity index (χ2n) is 4.20. The molecule has 0 aliphatic carbocycles. The average molecular weight is 245 g/mol. The van der Waals surface area contributed by atoms with E-state index in [1.807, 2.05) is 19.9 Å². The Kier molecular flexibility index (Phi) is 3.19. The van der Waals surface area contributed by atoms with E-state index in [-0.39, 0.29) is 17.7 Å². The molecule has 0 saturated heterocycles. The van der Waals surface area contributed by atoms with Gasteiger partial charge in [0.15, 0.2) is 5.43 Å². The number of hydrogen-bond donors (Lipinski definition) is 1. The van der Waals surface area contributed by atoms with Crippen LogP contribution in [0.25, 0.3) is 10.9 Å². The Morgan fingerprint density at radius 3 is 2.72 bits per heavy atom. The first-order chi connectivity index (χ1) is 8.54. The van der Waals surface area contributed by atoms with Crippen LogP contribution in [0.3, 0.4) is 0 Å². The summed E-state index contributed by atoms with van der Waals surface area (Å²) < 4.78 is 4.89. The summed E-state index contributed by atoms with van der Waals surface area (Å²) in [7, 11) is 0. The maximum Gasteiger partial charge on any atom is 0.354 e. The number of aryl methyl sites for hydroxylation is 2. The largest absolute Gasteiger partial charge is 0.461 e. The molecular formula is C14H15NO3. The van der Waals surface area contributed by atoms with Gasteiger partial charge in [0.25, 0.3) is 0 Å². The van der Waals surface area contributed by atoms with Crippen molar-refractivity contribution >= 4 is 16.9 Å². The summed E-state index contributed by atoms with van der Waals surface area (Å²) in [6.45, 7) is 5.89. The van der Waals surface area contributed by atoms with E-state index in [0.717, 1.165) is 11.1 Å². The first-order valence-corrected chi connectivity index (χ1v) is 5.85. The number of carbonyl (C=O) groups is 1. The summed E-state index contributed by atoms with van der Waals surface area (Å²) in [5.41, 5.74) is 2.76. The van der Waals surface area contributed by atoms with Crippen molar-refractivity contribution in [1.82, 2.24) is 4.98 Å². The number of aromatic amines is 1. The molecule has 0 aliphatic heterocycles. The molecule has 0 atom stereocenters. The molecule has 1 N–H and O–H groups in total. The third kappa shape index (κ3) is 2.01. The molecule has 0 aliphatic rings. The fraction of sp³-hybridized carbons (Fsp3) is 0.286. The molecule has 18 heavy (non-hydrogen) atoms. The van der Waals surface area contributed by atoms with Crippen molar-refractivity contribution in [3.8, 4) is 0 Å². The number of carbonyl (C=O) groups excluding carboxylic acids is 1. The van der Waals surface area contributed by atoms with Crippen molar-refractivity contribution in [2.75, 3.05) is 6.61 Å². The van der Waals surface area contributed by atoms with Crippen LogP contribution in [0.4, 0.5) is 0 Å². The maximum atomic E-state index is 11.9. The smallest absolute Gasteiger partial charge is 0.354 e. The molecule has 0 amide bonds. The van der Waals surface area contributed by atoms with Crippen LogP contribution in [-0.2, 0) is 4.74 Å². The highest BCUT2D eigenvalue weighted by atomic mass is 16.5. The summed E-state index contributed by atoms with van der Waals surface area (Å²) in [6.07, 6.45) is 0. The molecule has 0 radical (unpaired) electrons. The molecule has 4 nitrogen and oxygen atoms in total. The van der Waals surface area contributed by atoms with Crippen molar-refractivity contribution < 1.29 is 9.53 Å². The van der Waals surface area contributed by atoms with Crippen LogP contribution in [0.5, 0.6) is 0 Å². The first kappa shape index (κ1) is 12.4. The molecule has 1 aromatic carbocycles. The number of pyridine rings is 1. The third-order valence-corrected chi connectivity index (χ3v) is 3.03.